The van der Waals surface area contributed by atoms with Gasteiger partial charge in [-0.1, -0.05) is 0 Å². The molecule has 1 aliphatic carbocycles. The zero-order valence-corrected chi connectivity index (χ0v) is 9.30. The minimum atomic E-state index is 0.101. The van der Waals surface area contributed by atoms with Crippen LogP contribution in [0.2, 0.25) is 0 Å². The van der Waals surface area contributed by atoms with E-state index in [1.165, 1.54) is 12.8 Å². The second-order valence-corrected chi connectivity index (χ2v) is 4.21. The van der Waals surface area contributed by atoms with Crippen molar-refractivity contribution in [2.24, 2.45) is 5.92 Å². The van der Waals surface area contributed by atoms with Crippen LogP contribution in [-0.2, 0) is 4.79 Å². The number of rotatable bonds is 9. The number of amides is 1. The highest BCUT2D eigenvalue weighted by Gasteiger charge is 2.21. The predicted molar refractivity (Wildman–Crippen MR) is 59.5 cm³/mol. The van der Waals surface area contributed by atoms with E-state index in [1.807, 2.05) is 0 Å². The van der Waals surface area contributed by atoms with Crippen molar-refractivity contribution >= 4 is 5.91 Å². The van der Waals surface area contributed by atoms with E-state index in [1.54, 1.807) is 0 Å². The van der Waals surface area contributed by atoms with Crippen molar-refractivity contribution < 1.29 is 9.90 Å². The van der Waals surface area contributed by atoms with Gasteiger partial charge in [0.15, 0.2) is 0 Å². The minimum Gasteiger partial charge on any atom is -0.396 e. The van der Waals surface area contributed by atoms with Crippen LogP contribution in [0, 0.1) is 5.92 Å². The van der Waals surface area contributed by atoms with Crippen LogP contribution >= 0.6 is 0 Å². The van der Waals surface area contributed by atoms with Crippen molar-refractivity contribution in [1.82, 2.24) is 10.6 Å². The lowest BCUT2D eigenvalue weighted by molar-refractivity contribution is -0.120. The Morgan fingerprint density at radius 3 is 2.73 bits per heavy atom. The summed E-state index contributed by atoms with van der Waals surface area (Å²) in [7, 11) is 0. The molecule has 0 spiro atoms. The van der Waals surface area contributed by atoms with Gasteiger partial charge in [0.05, 0.1) is 6.54 Å². The number of nitrogens with one attached hydrogen (secondary N) is 2. The summed E-state index contributed by atoms with van der Waals surface area (Å²) < 4.78 is 0. The quantitative estimate of drug-likeness (QED) is 0.483. The van der Waals surface area contributed by atoms with E-state index in [9.17, 15) is 4.79 Å². The fourth-order valence-electron chi connectivity index (χ4n) is 1.38. The highest BCUT2D eigenvalue weighted by molar-refractivity contribution is 5.77. The first-order valence-corrected chi connectivity index (χ1v) is 5.91. The van der Waals surface area contributed by atoms with Gasteiger partial charge in [0.1, 0.15) is 0 Å². The number of hydrogen-bond acceptors (Lipinski definition) is 3. The van der Waals surface area contributed by atoms with Crippen LogP contribution < -0.4 is 10.6 Å². The second kappa shape index (κ2) is 7.65. The molecule has 4 nitrogen and oxygen atoms in total. The van der Waals surface area contributed by atoms with Gasteiger partial charge in [-0.05, 0) is 44.6 Å². The third-order valence-electron chi connectivity index (χ3n) is 2.58. The van der Waals surface area contributed by atoms with Gasteiger partial charge in [0, 0.05) is 13.2 Å². The highest BCUT2D eigenvalue weighted by atomic mass is 16.2. The third-order valence-corrected chi connectivity index (χ3v) is 2.58. The Hall–Kier alpha value is -0.610. The molecule has 0 atom stereocenters. The van der Waals surface area contributed by atoms with E-state index in [2.05, 4.69) is 10.6 Å². The molecule has 0 heterocycles. The van der Waals surface area contributed by atoms with Crippen molar-refractivity contribution in [3.8, 4) is 0 Å². The van der Waals surface area contributed by atoms with E-state index in [-0.39, 0.29) is 12.5 Å². The average Bonchev–Trinajstić information content (AvgIpc) is 3.04. The molecule has 15 heavy (non-hydrogen) atoms. The highest BCUT2D eigenvalue weighted by Crippen LogP contribution is 2.27. The summed E-state index contributed by atoms with van der Waals surface area (Å²) in [6, 6.07) is 0. The topological polar surface area (TPSA) is 61.4 Å². The van der Waals surface area contributed by atoms with Crippen LogP contribution in [0.1, 0.15) is 32.1 Å². The van der Waals surface area contributed by atoms with Crippen LogP contribution in [-0.4, -0.2) is 37.3 Å². The number of unbranched alkanes of at least 4 members (excludes halogenated alkanes) is 2. The zero-order valence-electron chi connectivity index (χ0n) is 9.30. The van der Waals surface area contributed by atoms with Gasteiger partial charge >= 0.3 is 0 Å². The molecular formula is C11H22N2O2. The number of carbonyl (C=O) groups excluding carboxylic acids is 1. The van der Waals surface area contributed by atoms with E-state index < -0.39 is 0 Å². The molecule has 88 valence electrons. The summed E-state index contributed by atoms with van der Waals surface area (Å²) in [6.07, 6.45) is 5.45. The molecule has 0 unspecified atom stereocenters. The first-order chi connectivity index (χ1) is 7.33. The molecule has 0 radical (unpaired) electrons. The Bertz CT molecular complexity index is 181. The standard InChI is InChI=1S/C11H22N2O2/c14-7-3-1-2-6-12-9-11(15)13-8-10-4-5-10/h10,12,14H,1-9H2,(H,13,15). The Balaban J connectivity index is 1.79. The lowest BCUT2D eigenvalue weighted by Crippen LogP contribution is -2.35. The van der Waals surface area contributed by atoms with E-state index in [0.717, 1.165) is 38.3 Å². The lowest BCUT2D eigenvalue weighted by Gasteiger charge is -2.05. The molecule has 1 rings (SSSR count). The summed E-state index contributed by atoms with van der Waals surface area (Å²) in [4.78, 5) is 11.3. The van der Waals surface area contributed by atoms with E-state index >= 15 is 0 Å². The number of hydrogen-bond donors (Lipinski definition) is 3. The van der Waals surface area contributed by atoms with Gasteiger partial charge in [-0.2, -0.15) is 0 Å². The SMILES string of the molecule is O=C(CNCCCCCO)NCC1CC1. The summed E-state index contributed by atoms with van der Waals surface area (Å²) >= 11 is 0. The largest absolute Gasteiger partial charge is 0.396 e. The van der Waals surface area contributed by atoms with E-state index in [0.29, 0.717) is 6.54 Å². The molecule has 0 aromatic carbocycles. The number of aliphatic hydroxyl groups excluding tert-OH is 1. The van der Waals surface area contributed by atoms with E-state index in [4.69, 9.17) is 5.11 Å². The predicted octanol–water partition coefficient (Wildman–Crippen LogP) is 0.265. The second-order valence-electron chi connectivity index (χ2n) is 4.21. The summed E-state index contributed by atoms with van der Waals surface area (Å²) in [5, 5.41) is 14.6. The maximum Gasteiger partial charge on any atom is 0.233 e. The summed E-state index contributed by atoms with van der Waals surface area (Å²) in [5.41, 5.74) is 0. The first kappa shape index (κ1) is 12.5. The maximum absolute atomic E-state index is 11.3. The normalized spacial score (nSPS) is 15.3. The molecule has 0 aliphatic heterocycles. The Morgan fingerprint density at radius 1 is 1.27 bits per heavy atom. The molecule has 0 aromatic rings. The molecule has 1 aliphatic rings. The Kier molecular flexibility index (Phi) is 6.36. The fraction of sp³-hybridized carbons (Fsp3) is 0.909. The molecular weight excluding hydrogens is 192 g/mol. The van der Waals surface area contributed by atoms with Crippen molar-refractivity contribution in [3.63, 3.8) is 0 Å². The van der Waals surface area contributed by atoms with Crippen molar-refractivity contribution in [2.45, 2.75) is 32.1 Å². The molecule has 0 aromatic heterocycles. The van der Waals surface area contributed by atoms with Crippen molar-refractivity contribution in [1.29, 1.82) is 0 Å². The Morgan fingerprint density at radius 2 is 2.07 bits per heavy atom. The number of carbonyl (C=O) groups is 1. The molecule has 0 bridgehead atoms. The summed E-state index contributed by atoms with van der Waals surface area (Å²) in [6.45, 7) is 2.40. The van der Waals surface area contributed by atoms with Gasteiger partial charge in [-0.15, -0.1) is 0 Å². The summed E-state index contributed by atoms with van der Waals surface area (Å²) in [5.74, 6) is 0.850. The maximum atomic E-state index is 11.3. The molecule has 0 saturated heterocycles. The van der Waals surface area contributed by atoms with Crippen LogP contribution in [0.15, 0.2) is 0 Å². The lowest BCUT2D eigenvalue weighted by atomic mass is 10.2. The van der Waals surface area contributed by atoms with Gasteiger partial charge in [-0.25, -0.2) is 0 Å². The van der Waals surface area contributed by atoms with Gasteiger partial charge in [0.25, 0.3) is 0 Å². The Labute approximate surface area is 91.4 Å². The smallest absolute Gasteiger partial charge is 0.233 e. The molecule has 1 saturated carbocycles. The molecule has 3 N–H and O–H groups in total. The third kappa shape index (κ3) is 7.33. The zero-order chi connectivity index (χ0) is 10.9. The molecule has 1 fully saturated rings. The molecule has 4 heteroatoms. The van der Waals surface area contributed by atoms with Crippen molar-refractivity contribution in [3.05, 3.63) is 0 Å². The van der Waals surface area contributed by atoms with Gasteiger partial charge in [-0.3, -0.25) is 4.79 Å². The monoisotopic (exact) mass is 214 g/mol. The number of aliphatic hydroxyl groups is 1. The van der Waals surface area contributed by atoms with Gasteiger partial charge < -0.3 is 15.7 Å². The fourth-order valence-corrected chi connectivity index (χ4v) is 1.38. The van der Waals surface area contributed by atoms with Crippen LogP contribution in [0.5, 0.6) is 0 Å². The van der Waals surface area contributed by atoms with Crippen molar-refractivity contribution in [2.75, 3.05) is 26.2 Å². The first-order valence-electron chi connectivity index (χ1n) is 5.91. The average molecular weight is 214 g/mol. The van der Waals surface area contributed by atoms with Crippen LogP contribution in [0.25, 0.3) is 0 Å². The van der Waals surface area contributed by atoms with Crippen LogP contribution in [0.3, 0.4) is 0 Å². The van der Waals surface area contributed by atoms with Gasteiger partial charge in [0.2, 0.25) is 5.91 Å². The minimum absolute atomic E-state index is 0.101. The van der Waals surface area contributed by atoms with Crippen LogP contribution in [0.4, 0.5) is 0 Å². The molecule has 1 amide bonds.